The summed E-state index contributed by atoms with van der Waals surface area (Å²) in [6.07, 6.45) is 4.06. The molecule has 88 valence electrons. The molecule has 0 bridgehead atoms. The first-order chi connectivity index (χ1) is 7.11. The quantitative estimate of drug-likeness (QED) is 0.749. The maximum absolute atomic E-state index is 13.0. The largest absolute Gasteiger partial charge is 0.314 e. The average Bonchev–Trinajstić information content (AvgIpc) is 2.66. The molecular weight excluding hydrogens is 196 g/mol. The van der Waals surface area contributed by atoms with Crippen LogP contribution >= 0.6 is 0 Å². The first kappa shape index (κ1) is 11.3. The SMILES string of the molecule is CC[C@@H]1CC(C2CCC(F)(F)CC2)CN1. The second-order valence-electron chi connectivity index (χ2n) is 5.20. The van der Waals surface area contributed by atoms with Crippen molar-refractivity contribution >= 4 is 0 Å². The average molecular weight is 217 g/mol. The Kier molecular flexibility index (Phi) is 3.29. The summed E-state index contributed by atoms with van der Waals surface area (Å²) >= 11 is 0. The van der Waals surface area contributed by atoms with E-state index >= 15 is 0 Å². The maximum Gasteiger partial charge on any atom is 0.248 e. The lowest BCUT2D eigenvalue weighted by Gasteiger charge is -2.31. The van der Waals surface area contributed by atoms with Crippen molar-refractivity contribution in [2.24, 2.45) is 11.8 Å². The highest BCUT2D eigenvalue weighted by atomic mass is 19.3. The minimum absolute atomic E-state index is 0.116. The van der Waals surface area contributed by atoms with Crippen LogP contribution in [0, 0.1) is 11.8 Å². The molecule has 15 heavy (non-hydrogen) atoms. The van der Waals surface area contributed by atoms with Crippen molar-refractivity contribution in [3.63, 3.8) is 0 Å². The van der Waals surface area contributed by atoms with Crippen LogP contribution in [0.25, 0.3) is 0 Å². The van der Waals surface area contributed by atoms with Gasteiger partial charge in [-0.1, -0.05) is 6.92 Å². The topological polar surface area (TPSA) is 12.0 Å². The number of halogens is 2. The number of alkyl halides is 2. The third-order valence-electron chi connectivity index (χ3n) is 4.18. The molecule has 0 aromatic rings. The van der Waals surface area contributed by atoms with E-state index in [2.05, 4.69) is 12.2 Å². The number of hydrogen-bond donors (Lipinski definition) is 1. The second-order valence-corrected chi connectivity index (χ2v) is 5.20. The molecule has 0 aromatic heterocycles. The third-order valence-corrected chi connectivity index (χ3v) is 4.18. The molecule has 3 heteroatoms. The Balaban J connectivity index is 1.81. The molecule has 1 unspecified atom stereocenters. The van der Waals surface area contributed by atoms with Crippen LogP contribution in [-0.2, 0) is 0 Å². The minimum atomic E-state index is -2.37. The predicted molar refractivity (Wildman–Crippen MR) is 57.1 cm³/mol. The Bertz CT molecular complexity index is 208. The number of hydrogen-bond acceptors (Lipinski definition) is 1. The van der Waals surface area contributed by atoms with Gasteiger partial charge in [-0.05, 0) is 44.1 Å². The molecule has 2 atom stereocenters. The van der Waals surface area contributed by atoms with Crippen LogP contribution in [0.15, 0.2) is 0 Å². The molecule has 2 rings (SSSR count). The van der Waals surface area contributed by atoms with E-state index in [0.29, 0.717) is 17.9 Å². The van der Waals surface area contributed by atoms with E-state index < -0.39 is 5.92 Å². The van der Waals surface area contributed by atoms with Gasteiger partial charge in [0.25, 0.3) is 0 Å². The summed E-state index contributed by atoms with van der Waals surface area (Å²) in [4.78, 5) is 0. The zero-order chi connectivity index (χ0) is 10.9. The molecule has 0 radical (unpaired) electrons. The van der Waals surface area contributed by atoms with Gasteiger partial charge in [-0.3, -0.25) is 0 Å². The molecule has 1 heterocycles. The van der Waals surface area contributed by atoms with Gasteiger partial charge in [0.05, 0.1) is 0 Å². The first-order valence-electron chi connectivity index (χ1n) is 6.22. The van der Waals surface area contributed by atoms with Crippen LogP contribution in [0.2, 0.25) is 0 Å². The van der Waals surface area contributed by atoms with Crippen LogP contribution in [0.3, 0.4) is 0 Å². The summed E-state index contributed by atoms with van der Waals surface area (Å²) in [5.41, 5.74) is 0. The molecule has 2 aliphatic rings. The lowest BCUT2D eigenvalue weighted by atomic mass is 9.77. The van der Waals surface area contributed by atoms with Gasteiger partial charge in [0.1, 0.15) is 0 Å². The van der Waals surface area contributed by atoms with Crippen molar-refractivity contribution in [3.05, 3.63) is 0 Å². The van der Waals surface area contributed by atoms with Gasteiger partial charge < -0.3 is 5.32 Å². The summed E-state index contributed by atoms with van der Waals surface area (Å²) in [6, 6.07) is 0.637. The monoisotopic (exact) mass is 217 g/mol. The first-order valence-corrected chi connectivity index (χ1v) is 6.22. The molecule has 2 fully saturated rings. The van der Waals surface area contributed by atoms with Crippen LogP contribution in [0.4, 0.5) is 8.78 Å². The summed E-state index contributed by atoms with van der Waals surface area (Å²) in [7, 11) is 0. The van der Waals surface area contributed by atoms with Crippen LogP contribution < -0.4 is 5.32 Å². The predicted octanol–water partition coefficient (Wildman–Crippen LogP) is 3.20. The summed E-state index contributed by atoms with van der Waals surface area (Å²) in [5, 5.41) is 3.49. The van der Waals surface area contributed by atoms with Crippen molar-refractivity contribution in [3.8, 4) is 0 Å². The van der Waals surface area contributed by atoms with Crippen molar-refractivity contribution in [1.82, 2.24) is 5.32 Å². The van der Waals surface area contributed by atoms with E-state index in [9.17, 15) is 8.78 Å². The van der Waals surface area contributed by atoms with Crippen LogP contribution in [-0.4, -0.2) is 18.5 Å². The Morgan fingerprint density at radius 1 is 1.20 bits per heavy atom. The highest BCUT2D eigenvalue weighted by molar-refractivity contribution is 4.88. The normalized spacial score (nSPS) is 37.0. The Hall–Kier alpha value is -0.180. The molecular formula is C12H21F2N. The summed E-state index contributed by atoms with van der Waals surface area (Å²) in [5.74, 6) is -1.16. The zero-order valence-corrected chi connectivity index (χ0v) is 9.44. The fourth-order valence-electron chi connectivity index (χ4n) is 3.05. The molecule has 0 amide bonds. The fourth-order valence-corrected chi connectivity index (χ4v) is 3.05. The Morgan fingerprint density at radius 3 is 2.40 bits per heavy atom. The van der Waals surface area contributed by atoms with Gasteiger partial charge in [-0.25, -0.2) is 8.78 Å². The Labute approximate surface area is 90.6 Å². The van der Waals surface area contributed by atoms with Crippen molar-refractivity contribution in [2.45, 2.75) is 57.4 Å². The molecule has 1 aliphatic heterocycles. The van der Waals surface area contributed by atoms with Gasteiger partial charge in [-0.2, -0.15) is 0 Å². The van der Waals surface area contributed by atoms with Gasteiger partial charge in [0, 0.05) is 18.9 Å². The van der Waals surface area contributed by atoms with Gasteiger partial charge in [0.15, 0.2) is 0 Å². The smallest absolute Gasteiger partial charge is 0.248 e. The maximum atomic E-state index is 13.0. The van der Waals surface area contributed by atoms with Crippen molar-refractivity contribution in [1.29, 1.82) is 0 Å². The third kappa shape index (κ3) is 2.68. The minimum Gasteiger partial charge on any atom is -0.314 e. The lowest BCUT2D eigenvalue weighted by molar-refractivity contribution is -0.0513. The standard InChI is InChI=1S/C12H21F2N/c1-2-11-7-10(8-15-11)9-3-5-12(13,14)6-4-9/h9-11,15H,2-8H2,1H3/t10?,11-/m1/s1. The highest BCUT2D eigenvalue weighted by Gasteiger charge is 2.39. The van der Waals surface area contributed by atoms with E-state index in [1.54, 1.807) is 0 Å². The van der Waals surface area contributed by atoms with Crippen molar-refractivity contribution < 1.29 is 8.78 Å². The van der Waals surface area contributed by atoms with E-state index in [4.69, 9.17) is 0 Å². The lowest BCUT2D eigenvalue weighted by Crippen LogP contribution is -2.29. The molecule has 1 aliphatic carbocycles. The van der Waals surface area contributed by atoms with E-state index in [0.717, 1.165) is 19.4 Å². The van der Waals surface area contributed by atoms with Gasteiger partial charge >= 0.3 is 0 Å². The summed E-state index contributed by atoms with van der Waals surface area (Å²) in [6.45, 7) is 3.24. The second kappa shape index (κ2) is 4.36. The number of rotatable bonds is 2. The fraction of sp³-hybridized carbons (Fsp3) is 1.00. The Morgan fingerprint density at radius 2 is 1.87 bits per heavy atom. The van der Waals surface area contributed by atoms with E-state index in [1.165, 1.54) is 12.8 Å². The zero-order valence-electron chi connectivity index (χ0n) is 9.44. The highest BCUT2D eigenvalue weighted by Crippen LogP contribution is 2.41. The van der Waals surface area contributed by atoms with Gasteiger partial charge in [-0.15, -0.1) is 0 Å². The van der Waals surface area contributed by atoms with Crippen LogP contribution in [0.1, 0.15) is 45.4 Å². The number of nitrogens with one attached hydrogen (secondary N) is 1. The molecule has 0 aromatic carbocycles. The molecule has 1 N–H and O–H groups in total. The molecule has 0 spiro atoms. The van der Waals surface area contributed by atoms with E-state index in [1.807, 2.05) is 0 Å². The van der Waals surface area contributed by atoms with E-state index in [-0.39, 0.29) is 12.8 Å². The van der Waals surface area contributed by atoms with Crippen LogP contribution in [0.5, 0.6) is 0 Å². The molecule has 1 saturated heterocycles. The molecule has 1 saturated carbocycles. The molecule has 1 nitrogen and oxygen atoms in total. The summed E-state index contributed by atoms with van der Waals surface area (Å²) < 4.78 is 26.0. The van der Waals surface area contributed by atoms with Crippen molar-refractivity contribution in [2.75, 3.05) is 6.54 Å². The van der Waals surface area contributed by atoms with Gasteiger partial charge in [0.2, 0.25) is 5.92 Å².